The number of rotatable bonds is 10. The van der Waals surface area contributed by atoms with Crippen molar-refractivity contribution in [3.05, 3.63) is 81.5 Å². The highest BCUT2D eigenvalue weighted by Crippen LogP contribution is 2.34. The van der Waals surface area contributed by atoms with E-state index in [0.717, 1.165) is 36.7 Å². The van der Waals surface area contributed by atoms with Crippen LogP contribution in [0.25, 0.3) is 11.1 Å². The summed E-state index contributed by atoms with van der Waals surface area (Å²) in [5, 5.41) is 9.50. The van der Waals surface area contributed by atoms with Crippen LogP contribution in [0.5, 0.6) is 0 Å². The van der Waals surface area contributed by atoms with Crippen LogP contribution >= 0.6 is 0 Å². The average molecular weight is 529 g/mol. The van der Waals surface area contributed by atoms with Gasteiger partial charge in [0.2, 0.25) is 0 Å². The molecule has 1 aromatic heterocycles. The normalized spacial score (nSPS) is 14.6. The Hall–Kier alpha value is -3.29. The van der Waals surface area contributed by atoms with Gasteiger partial charge in [-0.2, -0.15) is 13.2 Å². The van der Waals surface area contributed by atoms with Crippen molar-refractivity contribution >= 4 is 5.97 Å². The lowest BCUT2D eigenvalue weighted by Crippen LogP contribution is -2.28. The third-order valence-electron chi connectivity index (χ3n) is 7.62. The molecule has 1 heterocycles. The molecule has 1 N–H and O–H groups in total. The molecule has 204 valence electrons. The van der Waals surface area contributed by atoms with E-state index in [-0.39, 0.29) is 30.8 Å². The predicted octanol–water partition coefficient (Wildman–Crippen LogP) is 7.40. The van der Waals surface area contributed by atoms with Crippen LogP contribution in [-0.2, 0) is 25.7 Å². The van der Waals surface area contributed by atoms with Gasteiger partial charge in [0.25, 0.3) is 0 Å². The van der Waals surface area contributed by atoms with Gasteiger partial charge in [-0.1, -0.05) is 87.9 Å². The minimum absolute atomic E-state index is 0.0260. The summed E-state index contributed by atoms with van der Waals surface area (Å²) in [5.41, 5.74) is 0.723. The van der Waals surface area contributed by atoms with Gasteiger partial charge in [0.1, 0.15) is 5.69 Å². The molecule has 1 aliphatic rings. The molecule has 0 unspecified atom stereocenters. The Balaban J connectivity index is 1.68. The van der Waals surface area contributed by atoms with E-state index >= 15 is 0 Å². The fourth-order valence-corrected chi connectivity index (χ4v) is 5.61. The number of carbonyl (C=O) groups is 1. The number of carboxylic acid groups (broad SMARTS) is 1. The van der Waals surface area contributed by atoms with Gasteiger partial charge in [-0.15, -0.1) is 0 Å². The molecule has 2 aromatic carbocycles. The van der Waals surface area contributed by atoms with Crippen LogP contribution in [-0.4, -0.2) is 20.2 Å². The van der Waals surface area contributed by atoms with E-state index in [2.05, 4.69) is 0 Å². The van der Waals surface area contributed by atoms with E-state index in [1.807, 2.05) is 6.92 Å². The maximum absolute atomic E-state index is 14.4. The molecule has 5 nitrogen and oxygen atoms in total. The molecule has 0 bridgehead atoms. The highest BCUT2D eigenvalue weighted by atomic mass is 19.4. The van der Waals surface area contributed by atoms with Gasteiger partial charge in [-0.25, -0.2) is 9.59 Å². The van der Waals surface area contributed by atoms with Crippen molar-refractivity contribution in [2.24, 2.45) is 5.92 Å². The topological polar surface area (TPSA) is 64.2 Å². The van der Waals surface area contributed by atoms with Crippen molar-refractivity contribution in [1.82, 2.24) is 9.13 Å². The molecule has 0 saturated heterocycles. The summed E-state index contributed by atoms with van der Waals surface area (Å²) in [5.74, 6) is -0.675. The van der Waals surface area contributed by atoms with Gasteiger partial charge < -0.3 is 5.11 Å². The van der Waals surface area contributed by atoms with Crippen molar-refractivity contribution in [2.75, 3.05) is 0 Å². The quantitative estimate of drug-likeness (QED) is 0.298. The molecule has 0 amide bonds. The molecule has 1 aliphatic carbocycles. The summed E-state index contributed by atoms with van der Waals surface area (Å²) in [6.45, 7) is 2.02. The van der Waals surface area contributed by atoms with E-state index in [1.165, 1.54) is 17.1 Å². The molecule has 1 saturated carbocycles. The minimum atomic E-state index is -4.62. The number of unbranched alkanes of at least 4 members (excludes halogenated alkanes) is 1. The number of halogens is 3. The van der Waals surface area contributed by atoms with E-state index < -0.39 is 23.5 Å². The largest absolute Gasteiger partial charge is 0.478 e. The number of aromatic carboxylic acids is 1. The molecule has 8 heteroatoms. The van der Waals surface area contributed by atoms with E-state index in [4.69, 9.17) is 0 Å². The number of aromatic nitrogens is 2. The van der Waals surface area contributed by atoms with E-state index in [9.17, 15) is 27.9 Å². The first-order valence-corrected chi connectivity index (χ1v) is 13.5. The van der Waals surface area contributed by atoms with E-state index in [1.54, 1.807) is 42.5 Å². The molecule has 0 aliphatic heterocycles. The molecule has 3 aromatic rings. The first-order chi connectivity index (χ1) is 18.2. The lowest BCUT2D eigenvalue weighted by Gasteiger charge is -2.22. The Morgan fingerprint density at radius 2 is 1.68 bits per heavy atom. The van der Waals surface area contributed by atoms with Crippen LogP contribution in [0.1, 0.15) is 85.6 Å². The molecule has 4 rings (SSSR count). The summed E-state index contributed by atoms with van der Waals surface area (Å²) in [7, 11) is 0. The number of hydrogen-bond donors (Lipinski definition) is 1. The second-order valence-corrected chi connectivity index (χ2v) is 10.3. The number of hydrogen-bond acceptors (Lipinski definition) is 2. The standard InChI is InChI=1S/C30H35F3N2O3/c1-2-3-13-26-27(30(31,32)33)34(19-18-21-9-5-4-6-10-21)29(38)35(26)20-22-14-16-23(17-15-22)24-11-7-8-12-25(24)28(36)37/h7-8,11-12,14-17,21H,2-6,9-10,13,18-20H2,1H3,(H,36,37). The molecule has 0 atom stereocenters. The van der Waals surface area contributed by atoms with Crippen molar-refractivity contribution in [2.45, 2.75) is 84.0 Å². The molecule has 1 fully saturated rings. The third-order valence-corrected chi connectivity index (χ3v) is 7.62. The molecule has 0 radical (unpaired) electrons. The Bertz CT molecular complexity index is 1300. The Kier molecular flexibility index (Phi) is 8.80. The number of alkyl halides is 3. The van der Waals surface area contributed by atoms with Gasteiger partial charge in [0, 0.05) is 6.54 Å². The van der Waals surface area contributed by atoms with Crippen LogP contribution in [0.3, 0.4) is 0 Å². The third kappa shape index (κ3) is 6.22. The first-order valence-electron chi connectivity index (χ1n) is 13.5. The zero-order chi connectivity index (χ0) is 27.3. The number of nitrogens with zero attached hydrogens (tertiary/aromatic N) is 2. The van der Waals surface area contributed by atoms with E-state index in [0.29, 0.717) is 35.4 Å². The van der Waals surface area contributed by atoms with Crippen LogP contribution < -0.4 is 5.69 Å². The summed E-state index contributed by atoms with van der Waals surface area (Å²) in [6, 6.07) is 13.6. The van der Waals surface area contributed by atoms with Crippen LogP contribution in [0.4, 0.5) is 13.2 Å². The van der Waals surface area contributed by atoms with Crippen LogP contribution in [0, 0.1) is 5.92 Å². The summed E-state index contributed by atoms with van der Waals surface area (Å²) >= 11 is 0. The second kappa shape index (κ2) is 12.0. The molecule has 38 heavy (non-hydrogen) atoms. The lowest BCUT2D eigenvalue weighted by atomic mass is 9.87. The molecular formula is C30H35F3N2O3. The van der Waals surface area contributed by atoms with Gasteiger partial charge >= 0.3 is 17.8 Å². The zero-order valence-electron chi connectivity index (χ0n) is 21.8. The minimum Gasteiger partial charge on any atom is -0.478 e. The molecular weight excluding hydrogens is 493 g/mol. The molecule has 0 spiro atoms. The van der Waals surface area contributed by atoms with Crippen molar-refractivity contribution in [1.29, 1.82) is 0 Å². The lowest BCUT2D eigenvalue weighted by molar-refractivity contribution is -0.144. The highest BCUT2D eigenvalue weighted by Gasteiger charge is 2.40. The van der Waals surface area contributed by atoms with Gasteiger partial charge in [0.15, 0.2) is 0 Å². The summed E-state index contributed by atoms with van der Waals surface area (Å²) in [4.78, 5) is 25.1. The fraction of sp³-hybridized carbons (Fsp3) is 0.467. The number of benzene rings is 2. The Morgan fingerprint density at radius 1 is 1.00 bits per heavy atom. The number of carboxylic acids is 1. The SMILES string of the molecule is CCCCc1c(C(F)(F)F)n(CCC2CCCCC2)c(=O)n1Cc1ccc(-c2ccccc2C(=O)O)cc1. The monoisotopic (exact) mass is 528 g/mol. The fourth-order valence-electron chi connectivity index (χ4n) is 5.61. The zero-order valence-corrected chi connectivity index (χ0v) is 21.8. The van der Waals surface area contributed by atoms with Crippen LogP contribution in [0.2, 0.25) is 0 Å². The van der Waals surface area contributed by atoms with Crippen molar-refractivity contribution in [3.8, 4) is 11.1 Å². The van der Waals surface area contributed by atoms with Gasteiger partial charge in [-0.05, 0) is 47.9 Å². The average Bonchev–Trinajstić information content (AvgIpc) is 3.17. The number of imidazole rings is 1. The smallest absolute Gasteiger partial charge is 0.433 e. The summed E-state index contributed by atoms with van der Waals surface area (Å²) in [6.07, 6.45) is 2.80. The Morgan fingerprint density at radius 3 is 2.32 bits per heavy atom. The Labute approximate surface area is 220 Å². The van der Waals surface area contributed by atoms with Crippen molar-refractivity contribution in [3.63, 3.8) is 0 Å². The summed E-state index contributed by atoms with van der Waals surface area (Å²) < 4.78 is 45.3. The van der Waals surface area contributed by atoms with Gasteiger partial charge in [-0.3, -0.25) is 9.13 Å². The first kappa shape index (κ1) is 27.7. The van der Waals surface area contributed by atoms with Crippen molar-refractivity contribution < 1.29 is 23.1 Å². The maximum Gasteiger partial charge on any atom is 0.433 e. The predicted molar refractivity (Wildman–Crippen MR) is 141 cm³/mol. The second-order valence-electron chi connectivity index (χ2n) is 10.3. The van der Waals surface area contributed by atoms with Gasteiger partial charge in [0.05, 0.1) is 17.8 Å². The van der Waals surface area contributed by atoms with Crippen LogP contribution in [0.15, 0.2) is 53.3 Å². The highest BCUT2D eigenvalue weighted by molar-refractivity contribution is 5.95. The maximum atomic E-state index is 14.4.